The van der Waals surface area contributed by atoms with E-state index in [-0.39, 0.29) is 0 Å². The Kier molecular flexibility index (Phi) is 4.91. The first-order chi connectivity index (χ1) is 6.17. The van der Waals surface area contributed by atoms with Gasteiger partial charge in [0.25, 0.3) is 0 Å². The molecule has 0 spiro atoms. The molecular formula is C14H28. The fourth-order valence-electron chi connectivity index (χ4n) is 1.62. The highest BCUT2D eigenvalue weighted by Crippen LogP contribution is 2.30. The summed E-state index contributed by atoms with van der Waals surface area (Å²) in [6, 6.07) is 0. The van der Waals surface area contributed by atoms with E-state index in [1.54, 1.807) is 0 Å². The van der Waals surface area contributed by atoms with Gasteiger partial charge in [0.05, 0.1) is 0 Å². The molecule has 0 aliphatic rings. The largest absolute Gasteiger partial charge is 0.0877 e. The molecule has 1 unspecified atom stereocenters. The molecule has 0 aromatic carbocycles. The lowest BCUT2D eigenvalue weighted by Crippen LogP contribution is -2.17. The quantitative estimate of drug-likeness (QED) is 0.554. The highest BCUT2D eigenvalue weighted by atomic mass is 14.2. The van der Waals surface area contributed by atoms with Crippen LogP contribution in [0.1, 0.15) is 61.3 Å². The fourth-order valence-corrected chi connectivity index (χ4v) is 1.62. The molecule has 0 fully saturated rings. The SMILES string of the molecule is CCC(C=CCC(C)(C)C)C(C)(C)C. The lowest BCUT2D eigenvalue weighted by molar-refractivity contribution is 0.284. The van der Waals surface area contributed by atoms with E-state index in [9.17, 15) is 0 Å². The second-order valence-corrected chi connectivity index (χ2v) is 6.57. The standard InChI is InChI=1S/C14H28/c1-8-12(14(5,6)7)10-9-11-13(2,3)4/h9-10,12H,8,11H2,1-7H3. The molecule has 84 valence electrons. The highest BCUT2D eigenvalue weighted by molar-refractivity contribution is 4.95. The number of allylic oxidation sites excluding steroid dienone is 2. The number of hydrogen-bond donors (Lipinski definition) is 0. The van der Waals surface area contributed by atoms with Crippen LogP contribution in [-0.4, -0.2) is 0 Å². The summed E-state index contributed by atoms with van der Waals surface area (Å²) in [5.74, 6) is 0.713. The van der Waals surface area contributed by atoms with E-state index in [1.807, 2.05) is 0 Å². The summed E-state index contributed by atoms with van der Waals surface area (Å²) in [5.41, 5.74) is 0.829. The minimum absolute atomic E-state index is 0.406. The normalized spacial score (nSPS) is 16.2. The first-order valence-corrected chi connectivity index (χ1v) is 5.83. The topological polar surface area (TPSA) is 0 Å². The Balaban J connectivity index is 4.20. The van der Waals surface area contributed by atoms with Crippen LogP contribution in [0.3, 0.4) is 0 Å². The van der Waals surface area contributed by atoms with Crippen molar-refractivity contribution in [3.63, 3.8) is 0 Å². The van der Waals surface area contributed by atoms with Gasteiger partial charge in [-0.25, -0.2) is 0 Å². The molecule has 0 aliphatic heterocycles. The van der Waals surface area contributed by atoms with E-state index < -0.39 is 0 Å². The van der Waals surface area contributed by atoms with Crippen molar-refractivity contribution >= 4 is 0 Å². The van der Waals surface area contributed by atoms with Crippen LogP contribution in [0, 0.1) is 16.7 Å². The zero-order valence-corrected chi connectivity index (χ0v) is 11.1. The molecule has 0 heterocycles. The third-order valence-electron chi connectivity index (χ3n) is 2.65. The third-order valence-corrected chi connectivity index (χ3v) is 2.65. The van der Waals surface area contributed by atoms with E-state index in [0.717, 1.165) is 0 Å². The maximum absolute atomic E-state index is 2.41. The molecular weight excluding hydrogens is 168 g/mol. The van der Waals surface area contributed by atoms with Crippen molar-refractivity contribution in [2.24, 2.45) is 16.7 Å². The monoisotopic (exact) mass is 196 g/mol. The van der Waals surface area contributed by atoms with Crippen molar-refractivity contribution in [3.05, 3.63) is 12.2 Å². The van der Waals surface area contributed by atoms with Gasteiger partial charge in [0.1, 0.15) is 0 Å². The van der Waals surface area contributed by atoms with Crippen LogP contribution in [0.15, 0.2) is 12.2 Å². The van der Waals surface area contributed by atoms with Crippen molar-refractivity contribution in [1.29, 1.82) is 0 Å². The molecule has 0 saturated heterocycles. The Morgan fingerprint density at radius 1 is 1.00 bits per heavy atom. The Morgan fingerprint density at radius 3 is 1.79 bits per heavy atom. The highest BCUT2D eigenvalue weighted by Gasteiger charge is 2.20. The summed E-state index contributed by atoms with van der Waals surface area (Å²) >= 11 is 0. The summed E-state index contributed by atoms with van der Waals surface area (Å²) in [6.45, 7) is 16.1. The molecule has 0 N–H and O–H groups in total. The van der Waals surface area contributed by atoms with Gasteiger partial charge in [-0.15, -0.1) is 0 Å². The lowest BCUT2D eigenvalue weighted by Gasteiger charge is -2.27. The first-order valence-electron chi connectivity index (χ1n) is 5.83. The first kappa shape index (κ1) is 13.7. The van der Waals surface area contributed by atoms with Crippen LogP contribution in [0.25, 0.3) is 0 Å². The zero-order chi connectivity index (χ0) is 11.4. The molecule has 14 heavy (non-hydrogen) atoms. The minimum atomic E-state index is 0.406. The van der Waals surface area contributed by atoms with Crippen LogP contribution >= 0.6 is 0 Å². The summed E-state index contributed by atoms with van der Waals surface area (Å²) in [7, 11) is 0. The van der Waals surface area contributed by atoms with Crippen LogP contribution in [-0.2, 0) is 0 Å². The Labute approximate surface area is 90.8 Å². The lowest BCUT2D eigenvalue weighted by atomic mass is 9.78. The van der Waals surface area contributed by atoms with Crippen LogP contribution < -0.4 is 0 Å². The molecule has 0 bridgehead atoms. The van der Waals surface area contributed by atoms with Crippen LogP contribution in [0.2, 0.25) is 0 Å². The smallest absolute Gasteiger partial charge is 0.0187 e. The van der Waals surface area contributed by atoms with E-state index in [0.29, 0.717) is 16.7 Å². The maximum Gasteiger partial charge on any atom is -0.0187 e. The van der Waals surface area contributed by atoms with Gasteiger partial charge in [-0.05, 0) is 29.6 Å². The van der Waals surface area contributed by atoms with Gasteiger partial charge in [0.2, 0.25) is 0 Å². The molecule has 0 aromatic heterocycles. The van der Waals surface area contributed by atoms with E-state index in [2.05, 4.69) is 60.6 Å². The molecule has 0 aliphatic carbocycles. The average Bonchev–Trinajstić information content (AvgIpc) is 1.93. The molecule has 0 rings (SSSR count). The van der Waals surface area contributed by atoms with Gasteiger partial charge in [-0.2, -0.15) is 0 Å². The van der Waals surface area contributed by atoms with Crippen molar-refractivity contribution in [3.8, 4) is 0 Å². The molecule has 0 saturated carbocycles. The zero-order valence-electron chi connectivity index (χ0n) is 11.1. The van der Waals surface area contributed by atoms with E-state index in [1.165, 1.54) is 12.8 Å². The van der Waals surface area contributed by atoms with E-state index in [4.69, 9.17) is 0 Å². The second-order valence-electron chi connectivity index (χ2n) is 6.57. The predicted octanol–water partition coefficient (Wildman–Crippen LogP) is 5.05. The predicted molar refractivity (Wildman–Crippen MR) is 66.4 cm³/mol. The molecule has 0 heteroatoms. The summed E-state index contributed by atoms with van der Waals surface area (Å²) < 4.78 is 0. The van der Waals surface area contributed by atoms with Crippen molar-refractivity contribution in [1.82, 2.24) is 0 Å². The van der Waals surface area contributed by atoms with Gasteiger partial charge in [-0.3, -0.25) is 0 Å². The van der Waals surface area contributed by atoms with Gasteiger partial charge in [-0.1, -0.05) is 60.6 Å². The molecule has 1 atom stereocenters. The van der Waals surface area contributed by atoms with E-state index >= 15 is 0 Å². The summed E-state index contributed by atoms with van der Waals surface area (Å²) in [4.78, 5) is 0. The Bertz CT molecular complexity index is 173. The number of rotatable bonds is 3. The third kappa shape index (κ3) is 6.23. The second kappa shape index (κ2) is 5.00. The van der Waals surface area contributed by atoms with Gasteiger partial charge in [0, 0.05) is 0 Å². The number of hydrogen-bond acceptors (Lipinski definition) is 0. The average molecular weight is 196 g/mol. The van der Waals surface area contributed by atoms with Crippen molar-refractivity contribution < 1.29 is 0 Å². The minimum Gasteiger partial charge on any atom is -0.0877 e. The summed E-state index contributed by atoms with van der Waals surface area (Å²) in [5, 5.41) is 0. The Hall–Kier alpha value is -0.260. The maximum atomic E-state index is 2.41. The summed E-state index contributed by atoms with van der Waals surface area (Å²) in [6.07, 6.45) is 7.19. The van der Waals surface area contributed by atoms with Crippen LogP contribution in [0.4, 0.5) is 0 Å². The van der Waals surface area contributed by atoms with Gasteiger partial charge in [0.15, 0.2) is 0 Å². The van der Waals surface area contributed by atoms with Gasteiger partial charge < -0.3 is 0 Å². The Morgan fingerprint density at radius 2 is 1.50 bits per heavy atom. The molecule has 0 radical (unpaired) electrons. The van der Waals surface area contributed by atoms with Crippen molar-refractivity contribution in [2.75, 3.05) is 0 Å². The van der Waals surface area contributed by atoms with Crippen LogP contribution in [0.5, 0.6) is 0 Å². The molecule has 0 amide bonds. The van der Waals surface area contributed by atoms with Crippen molar-refractivity contribution in [2.45, 2.75) is 61.3 Å². The molecule has 0 nitrogen and oxygen atoms in total. The fraction of sp³-hybridized carbons (Fsp3) is 0.857. The van der Waals surface area contributed by atoms with Gasteiger partial charge >= 0.3 is 0 Å². The molecule has 0 aromatic rings.